The number of anilines is 1. The highest BCUT2D eigenvalue weighted by Gasteiger charge is 2.10. The summed E-state index contributed by atoms with van der Waals surface area (Å²) in [5.74, 6) is 0.706. The van der Waals surface area contributed by atoms with E-state index >= 15 is 0 Å². The van der Waals surface area contributed by atoms with Crippen LogP contribution in [0.2, 0.25) is 0 Å². The monoisotopic (exact) mass is 387 g/mol. The van der Waals surface area contributed by atoms with E-state index in [4.69, 9.17) is 21.7 Å². The number of aryl methyl sites for hydroxylation is 1. The molecule has 0 radical (unpaired) electrons. The molecule has 2 aromatic carbocycles. The van der Waals surface area contributed by atoms with E-state index in [9.17, 15) is 4.79 Å². The van der Waals surface area contributed by atoms with Crippen molar-refractivity contribution in [2.75, 3.05) is 19.5 Å². The zero-order valence-electron chi connectivity index (χ0n) is 15.8. The first-order valence-corrected chi connectivity index (χ1v) is 9.16. The van der Waals surface area contributed by atoms with Gasteiger partial charge in [-0.2, -0.15) is 0 Å². The first kappa shape index (κ1) is 20.5. The van der Waals surface area contributed by atoms with Gasteiger partial charge in [-0.25, -0.2) is 0 Å². The van der Waals surface area contributed by atoms with Crippen LogP contribution in [0.4, 0.5) is 5.69 Å². The molecule has 0 saturated carbocycles. The fourth-order valence-electron chi connectivity index (χ4n) is 2.42. The molecule has 0 heterocycles. The van der Waals surface area contributed by atoms with Crippen LogP contribution in [-0.2, 0) is 6.42 Å². The lowest BCUT2D eigenvalue weighted by Gasteiger charge is -2.13. The molecule has 0 atom stereocenters. The summed E-state index contributed by atoms with van der Waals surface area (Å²) in [5, 5.41) is 3.32. The average molecular weight is 388 g/mol. The van der Waals surface area contributed by atoms with E-state index < -0.39 is 0 Å². The molecule has 0 spiro atoms. The van der Waals surface area contributed by atoms with Gasteiger partial charge in [-0.1, -0.05) is 25.5 Å². The molecule has 0 fully saturated rings. The van der Waals surface area contributed by atoms with Crippen molar-refractivity contribution in [3.05, 3.63) is 53.6 Å². The minimum atomic E-state index is -0.355. The lowest BCUT2D eigenvalue weighted by Crippen LogP contribution is -2.43. The number of hydrazine groups is 1. The van der Waals surface area contributed by atoms with Crippen LogP contribution in [-0.4, -0.2) is 25.2 Å². The van der Waals surface area contributed by atoms with Crippen molar-refractivity contribution >= 4 is 28.9 Å². The number of amides is 1. The van der Waals surface area contributed by atoms with Gasteiger partial charge in [-0.3, -0.25) is 15.6 Å². The van der Waals surface area contributed by atoms with E-state index in [1.807, 2.05) is 12.1 Å². The third-order valence-electron chi connectivity index (χ3n) is 3.93. The van der Waals surface area contributed by atoms with Gasteiger partial charge in [-0.15, -0.1) is 0 Å². The second-order valence-electron chi connectivity index (χ2n) is 5.94. The number of benzene rings is 2. The van der Waals surface area contributed by atoms with Crippen molar-refractivity contribution in [1.82, 2.24) is 10.9 Å². The summed E-state index contributed by atoms with van der Waals surface area (Å²) in [4.78, 5) is 12.3. The van der Waals surface area contributed by atoms with E-state index in [1.165, 1.54) is 32.6 Å². The summed E-state index contributed by atoms with van der Waals surface area (Å²) in [7, 11) is 3.06. The number of hydrogen-bond acceptors (Lipinski definition) is 4. The molecular weight excluding hydrogens is 362 g/mol. The van der Waals surface area contributed by atoms with Gasteiger partial charge in [0.25, 0.3) is 5.91 Å². The topological polar surface area (TPSA) is 71.6 Å². The molecule has 0 aliphatic rings. The van der Waals surface area contributed by atoms with Crippen molar-refractivity contribution in [3.8, 4) is 11.5 Å². The molecule has 1 amide bonds. The third kappa shape index (κ3) is 6.45. The Kier molecular flexibility index (Phi) is 7.88. The first-order chi connectivity index (χ1) is 13.0. The van der Waals surface area contributed by atoms with Crippen LogP contribution in [0.3, 0.4) is 0 Å². The Morgan fingerprint density at radius 1 is 1.00 bits per heavy atom. The summed E-state index contributed by atoms with van der Waals surface area (Å²) in [6.07, 6.45) is 3.42. The van der Waals surface area contributed by atoms with Gasteiger partial charge in [0.05, 0.1) is 14.2 Å². The molecular formula is C20H25N3O3S. The van der Waals surface area contributed by atoms with E-state index in [-0.39, 0.29) is 5.91 Å². The summed E-state index contributed by atoms with van der Waals surface area (Å²) < 4.78 is 10.3. The fraction of sp³-hybridized carbons (Fsp3) is 0.300. The van der Waals surface area contributed by atoms with Gasteiger partial charge in [0, 0.05) is 17.3 Å². The van der Waals surface area contributed by atoms with Crippen LogP contribution in [0.5, 0.6) is 11.5 Å². The molecule has 0 unspecified atom stereocenters. The predicted molar refractivity (Wildman–Crippen MR) is 111 cm³/mol. The van der Waals surface area contributed by atoms with Gasteiger partial charge in [0.2, 0.25) is 0 Å². The zero-order chi connectivity index (χ0) is 19.6. The van der Waals surface area contributed by atoms with E-state index in [2.05, 4.69) is 35.2 Å². The minimum Gasteiger partial charge on any atom is -0.497 e. The molecule has 0 aliphatic carbocycles. The van der Waals surface area contributed by atoms with Crippen LogP contribution in [0.1, 0.15) is 35.7 Å². The third-order valence-corrected chi connectivity index (χ3v) is 4.14. The van der Waals surface area contributed by atoms with Gasteiger partial charge in [0.15, 0.2) is 5.11 Å². The maximum absolute atomic E-state index is 12.3. The SMILES string of the molecule is CCCCc1ccc(NC(=S)NNC(=O)c2cc(OC)cc(OC)c2)cc1. The lowest BCUT2D eigenvalue weighted by molar-refractivity contribution is 0.0943. The lowest BCUT2D eigenvalue weighted by atomic mass is 10.1. The second-order valence-corrected chi connectivity index (χ2v) is 6.34. The molecule has 144 valence electrons. The number of carbonyl (C=O) groups excluding carboxylic acids is 1. The Balaban J connectivity index is 1.88. The number of unbranched alkanes of at least 4 members (excludes halogenated alkanes) is 1. The summed E-state index contributed by atoms with van der Waals surface area (Å²) in [5.41, 5.74) is 7.79. The largest absolute Gasteiger partial charge is 0.497 e. The van der Waals surface area contributed by atoms with Crippen molar-refractivity contribution in [1.29, 1.82) is 0 Å². The Morgan fingerprint density at radius 2 is 1.63 bits per heavy atom. The molecule has 0 aliphatic heterocycles. The first-order valence-electron chi connectivity index (χ1n) is 8.75. The second kappa shape index (κ2) is 10.4. The van der Waals surface area contributed by atoms with E-state index in [0.29, 0.717) is 22.2 Å². The number of rotatable bonds is 7. The van der Waals surface area contributed by atoms with Gasteiger partial charge >= 0.3 is 0 Å². The van der Waals surface area contributed by atoms with Crippen LogP contribution < -0.4 is 25.6 Å². The van der Waals surface area contributed by atoms with Crippen LogP contribution >= 0.6 is 12.2 Å². The highest BCUT2D eigenvalue weighted by molar-refractivity contribution is 7.80. The highest BCUT2D eigenvalue weighted by Crippen LogP contribution is 2.22. The number of methoxy groups -OCH3 is 2. The molecule has 3 N–H and O–H groups in total. The summed E-state index contributed by atoms with van der Waals surface area (Å²) in [6, 6.07) is 13.0. The zero-order valence-corrected chi connectivity index (χ0v) is 16.6. The normalized spacial score (nSPS) is 10.0. The smallest absolute Gasteiger partial charge is 0.269 e. The Hall–Kier alpha value is -2.80. The molecule has 27 heavy (non-hydrogen) atoms. The van der Waals surface area contributed by atoms with E-state index in [1.54, 1.807) is 18.2 Å². The molecule has 0 aromatic heterocycles. The van der Waals surface area contributed by atoms with Crippen molar-refractivity contribution in [2.24, 2.45) is 0 Å². The quantitative estimate of drug-likeness (QED) is 0.497. The van der Waals surface area contributed by atoms with Crippen LogP contribution in [0, 0.1) is 0 Å². The molecule has 6 nitrogen and oxygen atoms in total. The fourth-order valence-corrected chi connectivity index (χ4v) is 2.59. The molecule has 2 aromatic rings. The summed E-state index contributed by atoms with van der Waals surface area (Å²) in [6.45, 7) is 2.18. The van der Waals surface area contributed by atoms with Crippen LogP contribution in [0.25, 0.3) is 0 Å². The molecule has 7 heteroatoms. The Labute approximate surface area is 165 Å². The number of hydrogen-bond donors (Lipinski definition) is 3. The predicted octanol–water partition coefficient (Wildman–Crippen LogP) is 3.68. The molecule has 0 bridgehead atoms. The maximum atomic E-state index is 12.3. The van der Waals surface area contributed by atoms with Crippen molar-refractivity contribution in [2.45, 2.75) is 26.2 Å². The van der Waals surface area contributed by atoms with Crippen molar-refractivity contribution < 1.29 is 14.3 Å². The Bertz CT molecular complexity index is 756. The van der Waals surface area contributed by atoms with E-state index in [0.717, 1.165) is 12.1 Å². The molecule has 2 rings (SSSR count). The standard InChI is InChI=1S/C20H25N3O3S/c1-4-5-6-14-7-9-16(10-8-14)21-20(27)23-22-19(24)15-11-17(25-2)13-18(12-15)26-3/h7-13H,4-6H2,1-3H3,(H,22,24)(H2,21,23,27). The number of nitrogens with one attached hydrogen (secondary N) is 3. The molecule has 0 saturated heterocycles. The highest BCUT2D eigenvalue weighted by atomic mass is 32.1. The maximum Gasteiger partial charge on any atom is 0.269 e. The van der Waals surface area contributed by atoms with Crippen LogP contribution in [0.15, 0.2) is 42.5 Å². The minimum absolute atomic E-state index is 0.291. The van der Waals surface area contributed by atoms with Crippen molar-refractivity contribution in [3.63, 3.8) is 0 Å². The average Bonchev–Trinajstić information content (AvgIpc) is 2.71. The van der Waals surface area contributed by atoms with Gasteiger partial charge in [0.1, 0.15) is 11.5 Å². The van der Waals surface area contributed by atoms with Gasteiger partial charge < -0.3 is 14.8 Å². The Morgan fingerprint density at radius 3 is 2.19 bits per heavy atom. The number of thiocarbonyl (C=S) groups is 1. The number of ether oxygens (including phenoxy) is 2. The number of carbonyl (C=O) groups is 1. The summed E-state index contributed by atoms with van der Waals surface area (Å²) >= 11 is 5.22. The van der Waals surface area contributed by atoms with Gasteiger partial charge in [-0.05, 0) is 54.9 Å².